The number of morpholine rings is 1. The normalized spacial score (nSPS) is 14.5. The minimum absolute atomic E-state index is 0.266. The van der Waals surface area contributed by atoms with Crippen molar-refractivity contribution in [3.8, 4) is 5.88 Å². The van der Waals surface area contributed by atoms with Gasteiger partial charge in [0, 0.05) is 67.3 Å². The fourth-order valence-corrected chi connectivity index (χ4v) is 3.72. The number of rotatable bonds is 8. The van der Waals surface area contributed by atoms with Gasteiger partial charge in [0.25, 0.3) is 0 Å². The van der Waals surface area contributed by atoms with E-state index >= 15 is 0 Å². The lowest BCUT2D eigenvalue weighted by atomic mass is 10.2. The number of urea groups is 1. The van der Waals surface area contributed by atoms with Gasteiger partial charge in [0.05, 0.1) is 19.8 Å². The molecule has 2 N–H and O–H groups in total. The van der Waals surface area contributed by atoms with E-state index in [-0.39, 0.29) is 6.03 Å². The van der Waals surface area contributed by atoms with Gasteiger partial charge in [0.15, 0.2) is 0 Å². The van der Waals surface area contributed by atoms with Crippen molar-refractivity contribution >= 4 is 22.6 Å². The summed E-state index contributed by atoms with van der Waals surface area (Å²) >= 11 is 0. The molecule has 31 heavy (non-hydrogen) atoms. The third kappa shape index (κ3) is 5.53. The molecule has 0 radical (unpaired) electrons. The van der Waals surface area contributed by atoms with E-state index < -0.39 is 0 Å². The Morgan fingerprint density at radius 3 is 2.90 bits per heavy atom. The molecule has 0 bridgehead atoms. The van der Waals surface area contributed by atoms with Crippen LogP contribution in [-0.2, 0) is 17.8 Å². The number of pyridine rings is 1. The summed E-state index contributed by atoms with van der Waals surface area (Å²) < 4.78 is 13.2. The minimum Gasteiger partial charge on any atom is -0.478 e. The first-order valence-corrected chi connectivity index (χ1v) is 10.7. The Labute approximate surface area is 182 Å². The van der Waals surface area contributed by atoms with Crippen LogP contribution in [0.15, 0.2) is 48.8 Å². The van der Waals surface area contributed by atoms with Crippen molar-refractivity contribution in [3.05, 3.63) is 54.4 Å². The highest BCUT2D eigenvalue weighted by Gasteiger charge is 2.11. The highest BCUT2D eigenvalue weighted by Crippen LogP contribution is 2.21. The Morgan fingerprint density at radius 1 is 1.19 bits per heavy atom. The van der Waals surface area contributed by atoms with E-state index in [4.69, 9.17) is 9.47 Å². The van der Waals surface area contributed by atoms with Crippen molar-refractivity contribution in [1.82, 2.24) is 19.8 Å². The number of nitrogens with one attached hydrogen (secondary N) is 2. The number of carbonyl (C=O) groups excluding carboxylic acids is 1. The van der Waals surface area contributed by atoms with Gasteiger partial charge in [0.2, 0.25) is 5.88 Å². The lowest BCUT2D eigenvalue weighted by Crippen LogP contribution is -2.38. The van der Waals surface area contributed by atoms with Crippen molar-refractivity contribution in [2.45, 2.75) is 20.0 Å². The third-order valence-corrected chi connectivity index (χ3v) is 5.36. The SMILES string of the molecule is CCOc1ncccc1CNC(=O)Nc1ccc2c(ccn2CCN2CCOCC2)c1. The molecule has 4 rings (SSSR count). The predicted octanol–water partition coefficient (Wildman–Crippen LogP) is 3.09. The number of amides is 2. The predicted molar refractivity (Wildman–Crippen MR) is 120 cm³/mol. The Kier molecular flexibility index (Phi) is 7.01. The van der Waals surface area contributed by atoms with E-state index in [1.807, 2.05) is 31.2 Å². The van der Waals surface area contributed by atoms with Crippen molar-refractivity contribution in [2.24, 2.45) is 0 Å². The molecule has 1 fully saturated rings. The van der Waals surface area contributed by atoms with Gasteiger partial charge in [-0.15, -0.1) is 0 Å². The molecule has 2 aromatic heterocycles. The van der Waals surface area contributed by atoms with Crippen LogP contribution in [0.1, 0.15) is 12.5 Å². The van der Waals surface area contributed by atoms with E-state index in [2.05, 4.69) is 43.4 Å². The van der Waals surface area contributed by atoms with Crippen LogP contribution in [0.25, 0.3) is 10.9 Å². The van der Waals surface area contributed by atoms with Gasteiger partial charge in [-0.2, -0.15) is 0 Å². The van der Waals surface area contributed by atoms with Gasteiger partial charge in [-0.25, -0.2) is 9.78 Å². The Bertz CT molecular complexity index is 1010. The second kappa shape index (κ2) is 10.3. The standard InChI is InChI=1S/C23H29N5O3/c1-2-31-22-19(4-3-8-24-22)17-25-23(29)26-20-5-6-21-18(16-20)7-9-28(21)11-10-27-12-14-30-15-13-27/h3-9,16H,2,10-15,17H2,1H3,(H2,25,26,29). The number of ether oxygens (including phenoxy) is 2. The minimum atomic E-state index is -0.266. The van der Waals surface area contributed by atoms with Gasteiger partial charge < -0.3 is 24.7 Å². The van der Waals surface area contributed by atoms with E-state index in [0.29, 0.717) is 19.0 Å². The first-order chi connectivity index (χ1) is 15.2. The molecule has 1 aliphatic heterocycles. The first-order valence-electron chi connectivity index (χ1n) is 10.7. The summed E-state index contributed by atoms with van der Waals surface area (Å²) in [6.45, 7) is 8.34. The second-order valence-corrected chi connectivity index (χ2v) is 7.45. The zero-order valence-electron chi connectivity index (χ0n) is 17.8. The molecule has 3 heterocycles. The van der Waals surface area contributed by atoms with Crippen LogP contribution < -0.4 is 15.4 Å². The quantitative estimate of drug-likeness (QED) is 0.582. The van der Waals surface area contributed by atoms with Crippen molar-refractivity contribution in [1.29, 1.82) is 0 Å². The monoisotopic (exact) mass is 423 g/mol. The molecular weight excluding hydrogens is 394 g/mol. The number of fused-ring (bicyclic) bond motifs is 1. The number of benzene rings is 1. The van der Waals surface area contributed by atoms with Crippen molar-refractivity contribution in [2.75, 3.05) is 44.8 Å². The van der Waals surface area contributed by atoms with Gasteiger partial charge in [-0.3, -0.25) is 4.90 Å². The smallest absolute Gasteiger partial charge is 0.319 e. The largest absolute Gasteiger partial charge is 0.478 e. The molecule has 8 nitrogen and oxygen atoms in total. The van der Waals surface area contributed by atoms with E-state index in [0.717, 1.165) is 61.5 Å². The van der Waals surface area contributed by atoms with Gasteiger partial charge in [0.1, 0.15) is 0 Å². The molecule has 3 aromatic rings. The molecule has 1 saturated heterocycles. The molecule has 2 amide bonds. The Morgan fingerprint density at radius 2 is 2.06 bits per heavy atom. The molecule has 0 aliphatic carbocycles. The van der Waals surface area contributed by atoms with Crippen LogP contribution in [0.3, 0.4) is 0 Å². The average molecular weight is 424 g/mol. The molecule has 8 heteroatoms. The van der Waals surface area contributed by atoms with Crippen LogP contribution >= 0.6 is 0 Å². The fourth-order valence-electron chi connectivity index (χ4n) is 3.72. The maximum atomic E-state index is 12.4. The molecule has 1 aliphatic rings. The summed E-state index contributed by atoms with van der Waals surface area (Å²) in [6.07, 6.45) is 3.78. The zero-order valence-corrected chi connectivity index (χ0v) is 17.8. The lowest BCUT2D eigenvalue weighted by molar-refractivity contribution is 0.0365. The molecule has 0 atom stereocenters. The molecule has 0 spiro atoms. The molecule has 0 unspecified atom stereocenters. The summed E-state index contributed by atoms with van der Waals surface area (Å²) in [5, 5.41) is 6.87. The highest BCUT2D eigenvalue weighted by atomic mass is 16.5. The molecular formula is C23H29N5O3. The fraction of sp³-hybridized carbons (Fsp3) is 0.391. The summed E-state index contributed by atoms with van der Waals surface area (Å²) in [5.74, 6) is 0.546. The highest BCUT2D eigenvalue weighted by molar-refractivity contribution is 5.92. The van der Waals surface area contributed by atoms with Gasteiger partial charge >= 0.3 is 6.03 Å². The summed E-state index contributed by atoms with van der Waals surface area (Å²) in [5.41, 5.74) is 2.76. The number of carbonyl (C=O) groups is 1. The van der Waals surface area contributed by atoms with Crippen LogP contribution in [0, 0.1) is 0 Å². The van der Waals surface area contributed by atoms with E-state index in [1.54, 1.807) is 6.20 Å². The van der Waals surface area contributed by atoms with Crippen molar-refractivity contribution < 1.29 is 14.3 Å². The van der Waals surface area contributed by atoms with Gasteiger partial charge in [-0.05, 0) is 37.3 Å². The second-order valence-electron chi connectivity index (χ2n) is 7.45. The first kappa shape index (κ1) is 21.1. The van der Waals surface area contributed by atoms with E-state index in [9.17, 15) is 4.79 Å². The molecule has 0 saturated carbocycles. The summed E-state index contributed by atoms with van der Waals surface area (Å²) in [4.78, 5) is 19.0. The number of aromatic nitrogens is 2. The topological polar surface area (TPSA) is 80.7 Å². The van der Waals surface area contributed by atoms with Gasteiger partial charge in [-0.1, -0.05) is 6.07 Å². The maximum absolute atomic E-state index is 12.4. The van der Waals surface area contributed by atoms with Crippen LogP contribution in [-0.4, -0.2) is 59.9 Å². The third-order valence-electron chi connectivity index (χ3n) is 5.36. The van der Waals surface area contributed by atoms with Crippen molar-refractivity contribution in [3.63, 3.8) is 0 Å². The zero-order chi connectivity index (χ0) is 21.5. The average Bonchev–Trinajstić information content (AvgIpc) is 3.20. The summed E-state index contributed by atoms with van der Waals surface area (Å²) in [6, 6.07) is 11.5. The Hall–Kier alpha value is -3.10. The van der Waals surface area contributed by atoms with E-state index in [1.165, 1.54) is 0 Å². The number of anilines is 1. The number of nitrogens with zero attached hydrogens (tertiary/aromatic N) is 3. The number of hydrogen-bond acceptors (Lipinski definition) is 5. The molecule has 1 aromatic carbocycles. The van der Waals surface area contributed by atoms with Crippen LogP contribution in [0.5, 0.6) is 5.88 Å². The maximum Gasteiger partial charge on any atom is 0.319 e. The van der Waals surface area contributed by atoms with Crippen LogP contribution in [0.4, 0.5) is 10.5 Å². The number of hydrogen-bond donors (Lipinski definition) is 2. The van der Waals surface area contributed by atoms with Crippen LogP contribution in [0.2, 0.25) is 0 Å². The molecule has 164 valence electrons. The lowest BCUT2D eigenvalue weighted by Gasteiger charge is -2.26. The summed E-state index contributed by atoms with van der Waals surface area (Å²) in [7, 11) is 0. The Balaban J connectivity index is 1.33.